The van der Waals surface area contributed by atoms with Gasteiger partial charge in [-0.3, -0.25) is 0 Å². The molecule has 0 unspecified atom stereocenters. The first-order valence-electron chi connectivity index (χ1n) is 14.1. The SMILES string of the molecule is N#Cc1ccc(-c2ccc(-c3c(-c4nc(-c5ccccc5)nc(-c5ccccc5)n4)ccc4c3=CCCC=4)cc2)cc1. The van der Waals surface area contributed by atoms with Gasteiger partial charge in [-0.05, 0) is 58.2 Å². The smallest absolute Gasteiger partial charge is 0.164 e. The number of aromatic nitrogens is 3. The Morgan fingerprint density at radius 1 is 0.476 bits per heavy atom. The summed E-state index contributed by atoms with van der Waals surface area (Å²) in [6, 6.07) is 43.0. The van der Waals surface area contributed by atoms with Crippen molar-refractivity contribution in [1.82, 2.24) is 15.0 Å². The lowest BCUT2D eigenvalue weighted by Crippen LogP contribution is -2.29. The molecule has 6 aromatic rings. The van der Waals surface area contributed by atoms with E-state index in [2.05, 4.69) is 54.6 Å². The van der Waals surface area contributed by atoms with Gasteiger partial charge in [0.15, 0.2) is 17.5 Å². The van der Waals surface area contributed by atoms with E-state index in [9.17, 15) is 5.26 Å². The van der Waals surface area contributed by atoms with E-state index in [-0.39, 0.29) is 0 Å². The quantitative estimate of drug-likeness (QED) is 0.229. The molecule has 0 amide bonds. The van der Waals surface area contributed by atoms with Crippen LogP contribution in [-0.4, -0.2) is 15.0 Å². The summed E-state index contributed by atoms with van der Waals surface area (Å²) in [6.45, 7) is 0. The summed E-state index contributed by atoms with van der Waals surface area (Å²) in [5, 5.41) is 11.6. The summed E-state index contributed by atoms with van der Waals surface area (Å²) in [5.41, 5.74) is 7.94. The second kappa shape index (κ2) is 11.1. The Kier molecular flexibility index (Phi) is 6.68. The van der Waals surface area contributed by atoms with Gasteiger partial charge in [0.05, 0.1) is 11.6 Å². The molecule has 1 aliphatic carbocycles. The van der Waals surface area contributed by atoms with Gasteiger partial charge < -0.3 is 0 Å². The first-order valence-corrected chi connectivity index (χ1v) is 14.1. The summed E-state index contributed by atoms with van der Waals surface area (Å²) >= 11 is 0. The molecule has 0 bridgehead atoms. The van der Waals surface area contributed by atoms with E-state index in [1.165, 1.54) is 10.4 Å². The maximum Gasteiger partial charge on any atom is 0.164 e. The second-order valence-corrected chi connectivity index (χ2v) is 10.3. The monoisotopic (exact) mass is 538 g/mol. The molecule has 0 atom stereocenters. The van der Waals surface area contributed by atoms with Gasteiger partial charge in [0, 0.05) is 22.3 Å². The Labute approximate surface area is 244 Å². The molecule has 7 rings (SSSR count). The van der Waals surface area contributed by atoms with E-state index in [0.717, 1.165) is 51.8 Å². The van der Waals surface area contributed by atoms with Gasteiger partial charge >= 0.3 is 0 Å². The minimum atomic E-state index is 0.648. The van der Waals surface area contributed by atoms with Crippen LogP contribution in [0.5, 0.6) is 0 Å². The molecule has 0 spiro atoms. The van der Waals surface area contributed by atoms with Crippen LogP contribution in [-0.2, 0) is 0 Å². The van der Waals surface area contributed by atoms with Gasteiger partial charge in [-0.15, -0.1) is 0 Å². The van der Waals surface area contributed by atoms with Crippen LogP contribution in [0, 0.1) is 11.3 Å². The Bertz CT molecular complexity index is 2000. The van der Waals surface area contributed by atoms with Crippen LogP contribution in [0.2, 0.25) is 0 Å². The molecule has 4 nitrogen and oxygen atoms in total. The number of hydrogen-bond donors (Lipinski definition) is 0. The van der Waals surface area contributed by atoms with Crippen molar-refractivity contribution in [2.75, 3.05) is 0 Å². The molecule has 0 radical (unpaired) electrons. The summed E-state index contributed by atoms with van der Waals surface area (Å²) in [4.78, 5) is 15.0. The van der Waals surface area contributed by atoms with E-state index in [1.54, 1.807) is 0 Å². The lowest BCUT2D eigenvalue weighted by Gasteiger charge is -2.15. The van der Waals surface area contributed by atoms with Crippen LogP contribution in [0.3, 0.4) is 0 Å². The van der Waals surface area contributed by atoms with E-state index < -0.39 is 0 Å². The van der Waals surface area contributed by atoms with Gasteiger partial charge in [0.2, 0.25) is 0 Å². The van der Waals surface area contributed by atoms with Gasteiger partial charge in [-0.2, -0.15) is 5.26 Å². The lowest BCUT2D eigenvalue weighted by atomic mass is 9.91. The average Bonchev–Trinajstić information content (AvgIpc) is 3.08. The molecule has 4 heteroatoms. The normalized spacial score (nSPS) is 12.0. The minimum absolute atomic E-state index is 0.648. The van der Waals surface area contributed by atoms with Crippen molar-refractivity contribution in [2.45, 2.75) is 12.8 Å². The van der Waals surface area contributed by atoms with Crippen LogP contribution in [0.15, 0.2) is 121 Å². The molecular weight excluding hydrogens is 512 g/mol. The maximum atomic E-state index is 9.17. The predicted molar refractivity (Wildman–Crippen MR) is 169 cm³/mol. The number of benzene rings is 5. The highest BCUT2D eigenvalue weighted by Gasteiger charge is 2.17. The van der Waals surface area contributed by atoms with Gasteiger partial charge in [-0.1, -0.05) is 115 Å². The summed E-state index contributed by atoms with van der Waals surface area (Å²) in [6.07, 6.45) is 6.67. The second-order valence-electron chi connectivity index (χ2n) is 10.3. The maximum absolute atomic E-state index is 9.17. The topological polar surface area (TPSA) is 62.5 Å². The number of nitriles is 1. The van der Waals surface area contributed by atoms with E-state index in [0.29, 0.717) is 23.0 Å². The van der Waals surface area contributed by atoms with Crippen molar-refractivity contribution in [3.05, 3.63) is 137 Å². The van der Waals surface area contributed by atoms with Crippen LogP contribution in [0.1, 0.15) is 18.4 Å². The molecule has 0 saturated carbocycles. The van der Waals surface area contributed by atoms with Gasteiger partial charge in [0.1, 0.15) is 0 Å². The minimum Gasteiger partial charge on any atom is -0.208 e. The Hall–Kier alpha value is -5.66. The zero-order valence-corrected chi connectivity index (χ0v) is 22.9. The summed E-state index contributed by atoms with van der Waals surface area (Å²) < 4.78 is 0. The molecule has 5 aromatic carbocycles. The third-order valence-corrected chi connectivity index (χ3v) is 7.62. The van der Waals surface area contributed by atoms with E-state index in [4.69, 9.17) is 15.0 Å². The molecule has 1 heterocycles. The highest BCUT2D eigenvalue weighted by Crippen LogP contribution is 2.32. The third kappa shape index (κ3) is 4.89. The van der Waals surface area contributed by atoms with Gasteiger partial charge in [-0.25, -0.2) is 15.0 Å². The third-order valence-electron chi connectivity index (χ3n) is 7.62. The lowest BCUT2D eigenvalue weighted by molar-refractivity contribution is 1.07. The predicted octanol–water partition coefficient (Wildman–Crippen LogP) is 7.43. The molecule has 198 valence electrons. The molecule has 1 aromatic heterocycles. The van der Waals surface area contributed by atoms with Crippen molar-refractivity contribution in [2.24, 2.45) is 0 Å². The van der Waals surface area contributed by atoms with Crippen molar-refractivity contribution >= 4 is 12.2 Å². The highest BCUT2D eigenvalue weighted by atomic mass is 15.0. The van der Waals surface area contributed by atoms with Gasteiger partial charge in [0.25, 0.3) is 0 Å². The van der Waals surface area contributed by atoms with E-state index >= 15 is 0 Å². The number of hydrogen-bond acceptors (Lipinski definition) is 4. The zero-order chi connectivity index (χ0) is 28.3. The Morgan fingerprint density at radius 2 is 1.00 bits per heavy atom. The first kappa shape index (κ1) is 25.3. The fraction of sp³-hybridized carbons (Fsp3) is 0.0526. The van der Waals surface area contributed by atoms with Crippen molar-refractivity contribution < 1.29 is 0 Å². The van der Waals surface area contributed by atoms with Crippen molar-refractivity contribution in [3.63, 3.8) is 0 Å². The molecular formula is C38H26N4. The fourth-order valence-electron chi connectivity index (χ4n) is 5.49. The molecule has 0 N–H and O–H groups in total. The van der Waals surface area contributed by atoms with Crippen molar-refractivity contribution in [3.8, 4) is 62.5 Å². The van der Waals surface area contributed by atoms with Crippen LogP contribution in [0.4, 0.5) is 0 Å². The summed E-state index contributed by atoms with van der Waals surface area (Å²) in [5.74, 6) is 1.94. The number of fused-ring (bicyclic) bond motifs is 1. The number of rotatable bonds is 5. The number of nitrogens with zero attached hydrogens (tertiary/aromatic N) is 4. The zero-order valence-electron chi connectivity index (χ0n) is 22.9. The standard InChI is InChI=1S/C38H26N4/c39-25-26-15-17-27(18-16-26)28-19-21-30(22-20-28)35-33-14-8-7-9-29(33)23-24-34(35)38-41-36(31-10-3-1-4-11-31)40-37(42-38)32-12-5-2-6-13-32/h1-6,9-24H,7-8H2. The van der Waals surface area contributed by atoms with E-state index in [1.807, 2.05) is 84.9 Å². The van der Waals surface area contributed by atoms with Crippen LogP contribution < -0.4 is 10.4 Å². The molecule has 0 saturated heterocycles. The molecule has 0 aliphatic heterocycles. The molecule has 42 heavy (non-hydrogen) atoms. The highest BCUT2D eigenvalue weighted by molar-refractivity contribution is 5.84. The molecule has 1 aliphatic rings. The Balaban J connectivity index is 1.42. The largest absolute Gasteiger partial charge is 0.208 e. The van der Waals surface area contributed by atoms with Crippen LogP contribution in [0.25, 0.3) is 68.6 Å². The fourth-order valence-corrected chi connectivity index (χ4v) is 5.49. The Morgan fingerprint density at radius 3 is 1.60 bits per heavy atom. The van der Waals surface area contributed by atoms with Crippen molar-refractivity contribution in [1.29, 1.82) is 5.26 Å². The first-order chi connectivity index (χ1) is 20.8. The average molecular weight is 539 g/mol. The molecule has 0 fully saturated rings. The van der Waals surface area contributed by atoms with Crippen LogP contribution >= 0.6 is 0 Å². The summed E-state index contributed by atoms with van der Waals surface area (Å²) in [7, 11) is 0.